The number of unbranched alkanes of at least 4 members (excludes halogenated alkanes) is 5. The summed E-state index contributed by atoms with van der Waals surface area (Å²) in [7, 11) is 1.48. The monoisotopic (exact) mass is 592 g/mol. The van der Waals surface area contributed by atoms with E-state index in [1.165, 1.54) is 63.5 Å². The molecule has 0 radical (unpaired) electrons. The van der Waals surface area contributed by atoms with Crippen LogP contribution < -0.4 is 14.2 Å². The summed E-state index contributed by atoms with van der Waals surface area (Å²) in [6.07, 6.45) is 6.36. The van der Waals surface area contributed by atoms with Gasteiger partial charge in [0.2, 0.25) is 0 Å². The van der Waals surface area contributed by atoms with Crippen LogP contribution in [0.25, 0.3) is 22.5 Å². The number of nitrogens with zero attached hydrogens (tertiary/aromatic N) is 2. The fourth-order valence-corrected chi connectivity index (χ4v) is 4.79. The molecule has 8 heteroatoms. The summed E-state index contributed by atoms with van der Waals surface area (Å²) in [6, 6.07) is 20.9. The van der Waals surface area contributed by atoms with Crippen LogP contribution in [0.4, 0.5) is 13.2 Å². The van der Waals surface area contributed by atoms with Crippen molar-refractivity contribution in [1.82, 2.24) is 9.97 Å². The Morgan fingerprint density at radius 2 is 1.16 bits per heavy atom. The van der Waals surface area contributed by atoms with E-state index in [0.717, 1.165) is 35.5 Å². The van der Waals surface area contributed by atoms with Crippen LogP contribution in [-0.2, 0) is 0 Å². The average molecular weight is 593 g/mol. The molecule has 228 valence electrons. The second-order valence-corrected chi connectivity index (χ2v) is 10.5. The minimum atomic E-state index is -4.38. The molecule has 0 saturated carbocycles. The molecule has 0 unspecified atom stereocenters. The number of halogens is 3. The average Bonchev–Trinajstić information content (AvgIpc) is 3.03. The number of ether oxygens (including phenoxy) is 3. The molecule has 0 N–H and O–H groups in total. The third-order valence-corrected chi connectivity index (χ3v) is 7.31. The zero-order valence-electron chi connectivity index (χ0n) is 24.8. The Kier molecular flexibility index (Phi) is 11.8. The lowest BCUT2D eigenvalue weighted by molar-refractivity contribution is -0.153. The highest BCUT2D eigenvalue weighted by molar-refractivity contribution is 5.64. The fourth-order valence-electron chi connectivity index (χ4n) is 4.79. The minimum absolute atomic E-state index is 0.0797. The van der Waals surface area contributed by atoms with Gasteiger partial charge < -0.3 is 14.2 Å². The molecule has 0 aliphatic carbocycles. The summed E-state index contributed by atoms with van der Waals surface area (Å²) in [5, 5.41) is 0. The lowest BCUT2D eigenvalue weighted by Gasteiger charge is -2.21. The van der Waals surface area contributed by atoms with E-state index in [0.29, 0.717) is 17.3 Å². The van der Waals surface area contributed by atoms with Gasteiger partial charge in [0.25, 0.3) is 0 Å². The van der Waals surface area contributed by atoms with Crippen molar-refractivity contribution in [1.29, 1.82) is 0 Å². The molecule has 0 amide bonds. The van der Waals surface area contributed by atoms with E-state index in [1.54, 1.807) is 36.7 Å². The van der Waals surface area contributed by atoms with Gasteiger partial charge in [-0.25, -0.2) is 9.97 Å². The molecule has 0 aliphatic rings. The Bertz CT molecular complexity index is 1360. The van der Waals surface area contributed by atoms with Gasteiger partial charge in [0, 0.05) is 23.5 Å². The molecule has 0 saturated heterocycles. The van der Waals surface area contributed by atoms with Crippen LogP contribution in [0.3, 0.4) is 0 Å². The highest BCUT2D eigenvalue weighted by atomic mass is 19.4. The van der Waals surface area contributed by atoms with E-state index in [9.17, 15) is 13.2 Å². The van der Waals surface area contributed by atoms with Gasteiger partial charge in [0.15, 0.2) is 5.82 Å². The Morgan fingerprint density at radius 1 is 0.628 bits per heavy atom. The normalized spacial score (nSPS) is 12.1. The van der Waals surface area contributed by atoms with Crippen molar-refractivity contribution in [3.05, 3.63) is 90.8 Å². The highest BCUT2D eigenvalue weighted by Gasteiger charge is 2.40. The molecule has 1 aromatic heterocycles. The highest BCUT2D eigenvalue weighted by Crippen LogP contribution is 2.38. The summed E-state index contributed by atoms with van der Waals surface area (Å²) in [5.74, 6) is 0.767. The molecule has 3 aromatic carbocycles. The van der Waals surface area contributed by atoms with Crippen LogP contribution in [0, 0.1) is 0 Å². The van der Waals surface area contributed by atoms with Gasteiger partial charge in [-0.1, -0.05) is 63.3 Å². The van der Waals surface area contributed by atoms with Crippen LogP contribution in [0.15, 0.2) is 85.2 Å². The van der Waals surface area contributed by atoms with Crippen LogP contribution in [0.5, 0.6) is 17.2 Å². The van der Waals surface area contributed by atoms with Gasteiger partial charge >= 0.3 is 6.18 Å². The van der Waals surface area contributed by atoms with E-state index in [-0.39, 0.29) is 18.6 Å². The van der Waals surface area contributed by atoms with E-state index in [1.807, 2.05) is 24.3 Å². The van der Waals surface area contributed by atoms with Crippen LogP contribution in [0.2, 0.25) is 0 Å². The van der Waals surface area contributed by atoms with Gasteiger partial charge in [0.05, 0.1) is 26.2 Å². The fraction of sp³-hybridized carbons (Fsp3) is 0.371. The summed E-state index contributed by atoms with van der Waals surface area (Å²) < 4.78 is 57.7. The quantitative estimate of drug-likeness (QED) is 0.121. The predicted octanol–water partition coefficient (Wildman–Crippen LogP) is 9.67. The second-order valence-electron chi connectivity index (χ2n) is 10.5. The lowest BCUT2D eigenvalue weighted by Crippen LogP contribution is -2.23. The zero-order valence-corrected chi connectivity index (χ0v) is 24.8. The van der Waals surface area contributed by atoms with Gasteiger partial charge in [-0.05, 0) is 72.5 Å². The van der Waals surface area contributed by atoms with Crippen molar-refractivity contribution in [2.24, 2.45) is 0 Å². The SMILES string of the molecule is CCCCCCCCOc1ccc(-c2cnc(-c3ccc(OCC[C@@H](c4ccc(OC)cc4)C(F)(F)F)cc3)nc2)cc1. The Hall–Kier alpha value is -4.07. The van der Waals surface area contributed by atoms with Crippen molar-refractivity contribution in [3.63, 3.8) is 0 Å². The first-order valence-corrected chi connectivity index (χ1v) is 14.9. The molecule has 4 aromatic rings. The number of rotatable bonds is 16. The maximum absolute atomic E-state index is 13.7. The Labute approximate surface area is 252 Å². The van der Waals surface area contributed by atoms with E-state index in [2.05, 4.69) is 16.9 Å². The maximum Gasteiger partial charge on any atom is 0.395 e. The summed E-state index contributed by atoms with van der Waals surface area (Å²) in [6.45, 7) is 2.87. The largest absolute Gasteiger partial charge is 0.497 e. The minimum Gasteiger partial charge on any atom is -0.497 e. The van der Waals surface area contributed by atoms with Crippen molar-refractivity contribution >= 4 is 0 Å². The van der Waals surface area contributed by atoms with Crippen molar-refractivity contribution in [2.75, 3.05) is 20.3 Å². The Morgan fingerprint density at radius 3 is 1.74 bits per heavy atom. The number of methoxy groups -OCH3 is 1. The molecular formula is C35H39F3N2O3. The lowest BCUT2D eigenvalue weighted by atomic mass is 9.95. The molecule has 0 bridgehead atoms. The molecule has 0 fully saturated rings. The second kappa shape index (κ2) is 16.0. The van der Waals surface area contributed by atoms with Crippen molar-refractivity contribution in [2.45, 2.75) is 64.0 Å². The van der Waals surface area contributed by atoms with Gasteiger partial charge in [-0.15, -0.1) is 0 Å². The van der Waals surface area contributed by atoms with Gasteiger partial charge in [-0.2, -0.15) is 13.2 Å². The number of hydrogen-bond acceptors (Lipinski definition) is 5. The molecule has 0 spiro atoms. The summed E-state index contributed by atoms with van der Waals surface area (Å²) in [5.41, 5.74) is 2.85. The van der Waals surface area contributed by atoms with E-state index in [4.69, 9.17) is 14.2 Å². The number of aromatic nitrogens is 2. The van der Waals surface area contributed by atoms with Crippen molar-refractivity contribution in [3.8, 4) is 39.8 Å². The number of alkyl halides is 3. The third-order valence-electron chi connectivity index (χ3n) is 7.31. The third kappa shape index (κ3) is 9.73. The van der Waals surface area contributed by atoms with Crippen molar-refractivity contribution < 1.29 is 27.4 Å². The molecule has 0 aliphatic heterocycles. The smallest absolute Gasteiger partial charge is 0.395 e. The van der Waals surface area contributed by atoms with Crippen LogP contribution in [-0.4, -0.2) is 36.5 Å². The standard InChI is InChI=1S/C35H39F3N2O3/c1-3-4-5-6-7-8-22-42-31-17-9-26(10-18-31)29-24-39-34(40-25-29)28-13-19-32(20-14-28)43-23-21-33(35(36,37)38)27-11-15-30(41-2)16-12-27/h9-20,24-25,33H,3-8,21-23H2,1-2H3/t33-/m0/s1. The number of hydrogen-bond donors (Lipinski definition) is 0. The summed E-state index contributed by atoms with van der Waals surface area (Å²) in [4.78, 5) is 9.02. The number of benzene rings is 3. The maximum atomic E-state index is 13.7. The van der Waals surface area contributed by atoms with Gasteiger partial charge in [0.1, 0.15) is 17.2 Å². The van der Waals surface area contributed by atoms with Gasteiger partial charge in [-0.3, -0.25) is 0 Å². The zero-order chi connectivity index (χ0) is 30.5. The van der Waals surface area contributed by atoms with E-state index >= 15 is 0 Å². The predicted molar refractivity (Wildman–Crippen MR) is 164 cm³/mol. The molecule has 5 nitrogen and oxygen atoms in total. The Balaban J connectivity index is 1.26. The van der Waals surface area contributed by atoms with Crippen LogP contribution in [0.1, 0.15) is 63.4 Å². The first kappa shape index (κ1) is 31.9. The molecule has 1 heterocycles. The van der Waals surface area contributed by atoms with E-state index < -0.39 is 12.1 Å². The first-order valence-electron chi connectivity index (χ1n) is 14.9. The molecule has 1 atom stereocenters. The first-order chi connectivity index (χ1) is 20.9. The summed E-state index contributed by atoms with van der Waals surface area (Å²) >= 11 is 0. The molecule has 4 rings (SSSR count). The molecular weight excluding hydrogens is 553 g/mol. The van der Waals surface area contributed by atoms with Crippen LogP contribution >= 0.6 is 0 Å². The molecule has 43 heavy (non-hydrogen) atoms. The topological polar surface area (TPSA) is 53.5 Å².